The summed E-state index contributed by atoms with van der Waals surface area (Å²) in [6.07, 6.45) is 2.27. The highest BCUT2D eigenvalue weighted by Gasteiger charge is 2.30. The van der Waals surface area contributed by atoms with Crippen molar-refractivity contribution < 1.29 is 14.3 Å². The van der Waals surface area contributed by atoms with Crippen LogP contribution in [0.5, 0.6) is 5.75 Å². The molecule has 1 atom stereocenters. The fourth-order valence-corrected chi connectivity index (χ4v) is 4.00. The van der Waals surface area contributed by atoms with Gasteiger partial charge in [0.1, 0.15) is 11.8 Å². The van der Waals surface area contributed by atoms with Crippen molar-refractivity contribution in [3.63, 3.8) is 0 Å². The Kier molecular flexibility index (Phi) is 10.4. The van der Waals surface area contributed by atoms with Gasteiger partial charge in [-0.25, -0.2) is 0 Å². The van der Waals surface area contributed by atoms with Crippen LogP contribution in [0.25, 0.3) is 0 Å². The molecule has 1 N–H and O–H groups in total. The van der Waals surface area contributed by atoms with Crippen LogP contribution in [0.4, 0.5) is 0 Å². The number of benzene rings is 3. The van der Waals surface area contributed by atoms with E-state index in [2.05, 4.69) is 12.2 Å². The molecule has 0 unspecified atom stereocenters. The van der Waals surface area contributed by atoms with Crippen molar-refractivity contribution in [2.45, 2.75) is 52.6 Å². The minimum atomic E-state index is -0.673. The summed E-state index contributed by atoms with van der Waals surface area (Å²) >= 11 is 6.13. The zero-order chi connectivity index (χ0) is 25.9. The first kappa shape index (κ1) is 27.3. The van der Waals surface area contributed by atoms with Gasteiger partial charge in [-0.15, -0.1) is 0 Å². The van der Waals surface area contributed by atoms with Gasteiger partial charge in [-0.1, -0.05) is 85.1 Å². The van der Waals surface area contributed by atoms with E-state index in [0.29, 0.717) is 30.3 Å². The summed E-state index contributed by atoms with van der Waals surface area (Å²) in [5.41, 5.74) is 3.95. The number of amides is 2. The molecule has 0 radical (unpaired) electrons. The van der Waals surface area contributed by atoms with Crippen LogP contribution in [0.1, 0.15) is 42.0 Å². The molecule has 0 heterocycles. The molecule has 0 fully saturated rings. The first-order valence-corrected chi connectivity index (χ1v) is 12.8. The van der Waals surface area contributed by atoms with Crippen LogP contribution >= 0.6 is 11.6 Å². The number of rotatable bonds is 12. The quantitative estimate of drug-likeness (QED) is 0.311. The van der Waals surface area contributed by atoms with Crippen molar-refractivity contribution >= 4 is 23.4 Å². The summed E-state index contributed by atoms with van der Waals surface area (Å²) in [6, 6.07) is 22.4. The molecule has 0 bridgehead atoms. The second-order valence-electron chi connectivity index (χ2n) is 9.06. The summed E-state index contributed by atoms with van der Waals surface area (Å²) < 4.78 is 5.84. The van der Waals surface area contributed by atoms with E-state index in [9.17, 15) is 9.59 Å². The highest BCUT2D eigenvalue weighted by atomic mass is 35.5. The Morgan fingerprint density at radius 1 is 0.972 bits per heavy atom. The van der Waals surface area contributed by atoms with Crippen molar-refractivity contribution in [1.82, 2.24) is 10.2 Å². The number of ether oxygens (including phenoxy) is 1. The van der Waals surface area contributed by atoms with Gasteiger partial charge in [0.15, 0.2) is 6.61 Å². The Morgan fingerprint density at radius 2 is 1.69 bits per heavy atom. The fourth-order valence-electron chi connectivity index (χ4n) is 3.89. The summed E-state index contributed by atoms with van der Waals surface area (Å²) in [5, 5.41) is 3.67. The van der Waals surface area contributed by atoms with Gasteiger partial charge in [-0.05, 0) is 55.2 Å². The van der Waals surface area contributed by atoms with Crippen LogP contribution < -0.4 is 10.1 Å². The summed E-state index contributed by atoms with van der Waals surface area (Å²) in [7, 11) is 0. The average Bonchev–Trinajstić information content (AvgIpc) is 2.88. The lowest BCUT2D eigenvalue weighted by atomic mass is 10.0. The predicted octanol–water partition coefficient (Wildman–Crippen LogP) is 5.89. The zero-order valence-corrected chi connectivity index (χ0v) is 22.1. The molecule has 0 aromatic heterocycles. The number of hydrogen-bond acceptors (Lipinski definition) is 3. The van der Waals surface area contributed by atoms with E-state index in [4.69, 9.17) is 16.3 Å². The molecule has 5 nitrogen and oxygen atoms in total. The number of carbonyl (C=O) groups excluding carboxylic acids is 2. The van der Waals surface area contributed by atoms with Crippen LogP contribution in [-0.4, -0.2) is 35.9 Å². The molecule has 3 aromatic carbocycles. The number of nitrogens with zero attached hydrogens (tertiary/aromatic N) is 1. The Bertz CT molecular complexity index is 1130. The summed E-state index contributed by atoms with van der Waals surface area (Å²) in [5.74, 6) is 0.150. The van der Waals surface area contributed by atoms with Crippen molar-refractivity contribution in [1.29, 1.82) is 0 Å². The van der Waals surface area contributed by atoms with Gasteiger partial charge in [-0.3, -0.25) is 9.59 Å². The first-order chi connectivity index (χ1) is 17.4. The number of carbonyl (C=O) groups is 2. The minimum absolute atomic E-state index is 0.157. The zero-order valence-electron chi connectivity index (χ0n) is 21.3. The number of hydrogen-bond donors (Lipinski definition) is 1. The van der Waals surface area contributed by atoms with E-state index >= 15 is 0 Å². The number of unbranched alkanes of at least 4 members (excludes halogenated alkanes) is 1. The van der Waals surface area contributed by atoms with Crippen molar-refractivity contribution in [2.75, 3.05) is 13.2 Å². The lowest BCUT2D eigenvalue weighted by Gasteiger charge is -2.31. The third-order valence-corrected chi connectivity index (χ3v) is 6.49. The van der Waals surface area contributed by atoms with Gasteiger partial charge in [0.05, 0.1) is 0 Å². The molecule has 3 rings (SSSR count). The summed E-state index contributed by atoms with van der Waals surface area (Å²) in [4.78, 5) is 28.6. The van der Waals surface area contributed by atoms with Gasteiger partial charge in [0, 0.05) is 24.5 Å². The van der Waals surface area contributed by atoms with E-state index in [0.717, 1.165) is 35.1 Å². The Labute approximate surface area is 219 Å². The molecule has 2 amide bonds. The van der Waals surface area contributed by atoms with E-state index in [1.54, 1.807) is 23.1 Å². The molecule has 0 aliphatic heterocycles. The largest absolute Gasteiger partial charge is 0.484 e. The Balaban J connectivity index is 1.88. The van der Waals surface area contributed by atoms with Crippen LogP contribution in [0.15, 0.2) is 72.8 Å². The van der Waals surface area contributed by atoms with E-state index in [1.165, 1.54) is 0 Å². The first-order valence-electron chi connectivity index (χ1n) is 12.4. The van der Waals surface area contributed by atoms with Crippen LogP contribution in [-0.2, 0) is 22.6 Å². The molecule has 0 aliphatic carbocycles. The van der Waals surface area contributed by atoms with Gasteiger partial charge in [-0.2, -0.15) is 0 Å². The molecule has 0 spiro atoms. The molecular formula is C30H35ClN2O3. The maximum atomic E-state index is 13.6. The minimum Gasteiger partial charge on any atom is -0.484 e. The highest BCUT2D eigenvalue weighted by molar-refractivity contribution is 6.31. The molecule has 190 valence electrons. The monoisotopic (exact) mass is 506 g/mol. The lowest BCUT2D eigenvalue weighted by Crippen LogP contribution is -2.51. The third-order valence-electron chi connectivity index (χ3n) is 6.07. The Hall–Kier alpha value is -3.31. The van der Waals surface area contributed by atoms with E-state index in [1.807, 2.05) is 68.4 Å². The summed E-state index contributed by atoms with van der Waals surface area (Å²) in [6.45, 7) is 6.69. The third kappa shape index (κ3) is 8.13. The van der Waals surface area contributed by atoms with Crippen LogP contribution in [0.3, 0.4) is 0 Å². The number of nitrogens with one attached hydrogen (secondary N) is 1. The van der Waals surface area contributed by atoms with Crippen molar-refractivity contribution in [3.8, 4) is 5.75 Å². The second-order valence-corrected chi connectivity index (χ2v) is 9.46. The molecule has 0 saturated carbocycles. The molecular weight excluding hydrogens is 472 g/mol. The lowest BCUT2D eigenvalue weighted by molar-refractivity contribution is -0.142. The standard InChI is InChI=1S/C30H35ClN2O3/c1-4-5-17-32-30(35)28(19-24-9-7-6-8-10-24)33(20-25-13-11-22(2)12-14-25)29(34)21-36-26-15-16-27(31)23(3)18-26/h6-16,18,28H,4-5,17,19-21H2,1-3H3,(H,32,35)/t28-/m0/s1. The van der Waals surface area contributed by atoms with Gasteiger partial charge in [0.25, 0.3) is 5.91 Å². The Morgan fingerprint density at radius 3 is 2.36 bits per heavy atom. The maximum absolute atomic E-state index is 13.6. The molecule has 0 aliphatic rings. The molecule has 0 saturated heterocycles. The smallest absolute Gasteiger partial charge is 0.261 e. The van der Waals surface area contributed by atoms with Crippen LogP contribution in [0, 0.1) is 13.8 Å². The van der Waals surface area contributed by atoms with E-state index in [-0.39, 0.29) is 18.4 Å². The topological polar surface area (TPSA) is 58.6 Å². The van der Waals surface area contributed by atoms with Crippen molar-refractivity contribution in [2.24, 2.45) is 0 Å². The molecule has 36 heavy (non-hydrogen) atoms. The van der Waals surface area contributed by atoms with Crippen LogP contribution in [0.2, 0.25) is 5.02 Å². The van der Waals surface area contributed by atoms with Gasteiger partial charge >= 0.3 is 0 Å². The fraction of sp³-hybridized carbons (Fsp3) is 0.333. The predicted molar refractivity (Wildman–Crippen MR) is 145 cm³/mol. The number of aryl methyl sites for hydroxylation is 2. The number of halogens is 1. The SMILES string of the molecule is CCCCNC(=O)[C@H](Cc1ccccc1)N(Cc1ccc(C)cc1)C(=O)COc1ccc(Cl)c(C)c1. The van der Waals surface area contributed by atoms with Crippen molar-refractivity contribution in [3.05, 3.63) is 100 Å². The molecule has 3 aromatic rings. The van der Waals surface area contributed by atoms with Gasteiger partial charge in [0.2, 0.25) is 5.91 Å². The van der Waals surface area contributed by atoms with Gasteiger partial charge < -0.3 is 15.0 Å². The molecule has 6 heteroatoms. The van der Waals surface area contributed by atoms with E-state index < -0.39 is 6.04 Å². The maximum Gasteiger partial charge on any atom is 0.261 e. The highest BCUT2D eigenvalue weighted by Crippen LogP contribution is 2.22. The second kappa shape index (κ2) is 13.7. The normalized spacial score (nSPS) is 11.6. The average molecular weight is 507 g/mol.